The molecule has 0 saturated carbocycles. The highest BCUT2D eigenvalue weighted by molar-refractivity contribution is 6.34. The van der Waals surface area contributed by atoms with E-state index in [1.54, 1.807) is 24.0 Å². The van der Waals surface area contributed by atoms with Crippen molar-refractivity contribution in [1.29, 1.82) is 0 Å². The fourth-order valence-electron chi connectivity index (χ4n) is 6.04. The highest BCUT2D eigenvalue weighted by atomic mass is 35.5. The maximum absolute atomic E-state index is 13.3. The standard InChI is InChI=1S/C30H34Cl2N2O6/c1-16(35)18-7-4-5-17(11-18)12-23(30(38)39)33-28(36)26-22(31)13-20-15-34(10-9-21(20)27(26)32)29(37)25-14-19-6-2-3-8-24(19)40-25/h2,6-7,11,13-14,16,19,23-24,26-27,35H,3-5,8-10,12,15H2,1H3,(H,33,36)(H,38,39)/t16-,19-,23-,24?,26?,27+/m0/s1. The van der Waals surface area contributed by atoms with Crippen LogP contribution in [0.2, 0.25) is 0 Å². The minimum atomic E-state index is -1.16. The number of nitrogens with zero attached hydrogens (tertiary/aromatic N) is 1. The fourth-order valence-corrected chi connectivity index (χ4v) is 6.96. The molecule has 2 amide bonds. The fraction of sp³-hybridized carbons (Fsp3) is 0.500. The summed E-state index contributed by atoms with van der Waals surface area (Å²) in [6.07, 6.45) is 14.7. The molecule has 6 atom stereocenters. The van der Waals surface area contributed by atoms with Gasteiger partial charge in [0.15, 0.2) is 5.76 Å². The molecule has 3 N–H and O–H groups in total. The Morgan fingerprint density at radius 3 is 2.75 bits per heavy atom. The zero-order valence-corrected chi connectivity index (χ0v) is 23.8. The monoisotopic (exact) mass is 588 g/mol. The smallest absolute Gasteiger partial charge is 0.326 e. The summed E-state index contributed by atoms with van der Waals surface area (Å²) in [5.74, 6) is -2.31. The summed E-state index contributed by atoms with van der Waals surface area (Å²) in [4.78, 5) is 40.3. The van der Waals surface area contributed by atoms with Gasteiger partial charge in [0.25, 0.3) is 5.91 Å². The number of ether oxygens (including phenoxy) is 1. The number of allylic oxidation sites excluding steroid dienone is 2. The molecule has 0 aromatic heterocycles. The highest BCUT2D eigenvalue weighted by Crippen LogP contribution is 2.40. The van der Waals surface area contributed by atoms with E-state index in [2.05, 4.69) is 17.5 Å². The maximum atomic E-state index is 13.3. The number of halogens is 2. The van der Waals surface area contributed by atoms with Gasteiger partial charge in [-0.15, -0.1) is 11.6 Å². The predicted octanol–water partition coefficient (Wildman–Crippen LogP) is 4.11. The molecule has 0 aromatic carbocycles. The first-order chi connectivity index (χ1) is 19.1. The quantitative estimate of drug-likeness (QED) is 0.304. The van der Waals surface area contributed by atoms with Gasteiger partial charge >= 0.3 is 5.97 Å². The summed E-state index contributed by atoms with van der Waals surface area (Å²) in [5.41, 5.74) is 3.22. The number of alkyl halides is 1. The molecule has 0 radical (unpaired) electrons. The lowest BCUT2D eigenvalue weighted by Crippen LogP contribution is -2.48. The van der Waals surface area contributed by atoms with Crippen molar-refractivity contribution in [3.8, 4) is 0 Å². The van der Waals surface area contributed by atoms with Crippen molar-refractivity contribution in [1.82, 2.24) is 10.2 Å². The number of hydrogen-bond donors (Lipinski definition) is 3. The molecular weight excluding hydrogens is 555 g/mol. The van der Waals surface area contributed by atoms with Gasteiger partial charge in [-0.2, -0.15) is 0 Å². The first-order valence-corrected chi connectivity index (χ1v) is 14.6. The van der Waals surface area contributed by atoms with E-state index in [9.17, 15) is 24.6 Å². The molecule has 0 saturated heterocycles. The Labute approximate surface area is 243 Å². The summed E-state index contributed by atoms with van der Waals surface area (Å²) in [6, 6.07) is -1.16. The van der Waals surface area contributed by atoms with Crippen LogP contribution < -0.4 is 5.32 Å². The van der Waals surface area contributed by atoms with Crippen LogP contribution in [0.25, 0.3) is 0 Å². The molecule has 8 nitrogen and oxygen atoms in total. The minimum Gasteiger partial charge on any atom is -0.484 e. The Kier molecular flexibility index (Phi) is 8.59. The second-order valence-corrected chi connectivity index (χ2v) is 11.9. The molecule has 0 aromatic rings. The van der Waals surface area contributed by atoms with E-state index in [0.29, 0.717) is 38.1 Å². The van der Waals surface area contributed by atoms with Crippen molar-refractivity contribution in [2.45, 2.75) is 69.1 Å². The molecule has 0 fully saturated rings. The second kappa shape index (κ2) is 12.0. The average molecular weight is 590 g/mol. The zero-order valence-electron chi connectivity index (χ0n) is 22.3. The van der Waals surface area contributed by atoms with Gasteiger partial charge in [-0.1, -0.05) is 41.5 Å². The van der Waals surface area contributed by atoms with E-state index in [1.807, 2.05) is 12.2 Å². The molecule has 2 heterocycles. The second-order valence-electron chi connectivity index (χ2n) is 11.0. The largest absolute Gasteiger partial charge is 0.484 e. The first kappa shape index (κ1) is 28.7. The van der Waals surface area contributed by atoms with E-state index in [-0.39, 0.29) is 29.4 Å². The predicted molar refractivity (Wildman–Crippen MR) is 151 cm³/mol. The van der Waals surface area contributed by atoms with Crippen LogP contribution in [0.3, 0.4) is 0 Å². The molecule has 0 spiro atoms. The number of fused-ring (bicyclic) bond motifs is 1. The van der Waals surface area contributed by atoms with E-state index >= 15 is 0 Å². The van der Waals surface area contributed by atoms with Crippen molar-refractivity contribution >= 4 is 41.0 Å². The van der Waals surface area contributed by atoms with E-state index in [1.165, 1.54) is 0 Å². The SMILES string of the molecule is C[C@H](O)C1=CCCC(C[C@H](NC(=O)C2C(Cl)=CC3=C(CCN(C(=O)C4=C[C@@H]5C=CCCC5O4)C3)[C@H]2Cl)C(=O)O)=C1. The lowest BCUT2D eigenvalue weighted by Gasteiger charge is -2.37. The van der Waals surface area contributed by atoms with Crippen LogP contribution >= 0.6 is 23.2 Å². The van der Waals surface area contributed by atoms with Crippen LogP contribution in [0.5, 0.6) is 0 Å². The number of hydrogen-bond acceptors (Lipinski definition) is 5. The summed E-state index contributed by atoms with van der Waals surface area (Å²) in [6.45, 7) is 2.39. The van der Waals surface area contributed by atoms with Gasteiger partial charge in [-0.3, -0.25) is 9.59 Å². The Morgan fingerprint density at radius 1 is 1.23 bits per heavy atom. The molecule has 10 heteroatoms. The number of carbonyl (C=O) groups is 3. The number of aliphatic carboxylic acids is 1. The minimum absolute atomic E-state index is 0.0137. The molecule has 3 aliphatic carbocycles. The molecule has 2 unspecified atom stereocenters. The van der Waals surface area contributed by atoms with E-state index in [4.69, 9.17) is 27.9 Å². The van der Waals surface area contributed by atoms with Gasteiger partial charge < -0.3 is 25.2 Å². The normalized spacial score (nSPS) is 29.1. The van der Waals surface area contributed by atoms with Crippen LogP contribution in [0, 0.1) is 11.8 Å². The van der Waals surface area contributed by atoms with Crippen molar-refractivity contribution < 1.29 is 29.3 Å². The van der Waals surface area contributed by atoms with Gasteiger partial charge in [-0.05, 0) is 74.3 Å². The van der Waals surface area contributed by atoms with Gasteiger partial charge in [0, 0.05) is 24.0 Å². The number of carbonyl (C=O) groups excluding carboxylic acids is 2. The third-order valence-corrected chi connectivity index (χ3v) is 9.11. The first-order valence-electron chi connectivity index (χ1n) is 13.8. The van der Waals surface area contributed by atoms with Crippen molar-refractivity contribution in [2.24, 2.45) is 11.8 Å². The van der Waals surface area contributed by atoms with Crippen LogP contribution in [0.4, 0.5) is 0 Å². The summed E-state index contributed by atoms with van der Waals surface area (Å²) in [7, 11) is 0. The molecule has 0 bridgehead atoms. The van der Waals surface area contributed by atoms with Crippen LogP contribution in [-0.4, -0.2) is 69.6 Å². The number of aliphatic hydroxyl groups is 1. The molecule has 2 aliphatic heterocycles. The van der Waals surface area contributed by atoms with Gasteiger partial charge in [-0.25, -0.2) is 4.79 Å². The molecular formula is C30H34Cl2N2O6. The number of amides is 2. The lowest BCUT2D eigenvalue weighted by atomic mass is 9.84. The van der Waals surface area contributed by atoms with Crippen LogP contribution in [-0.2, 0) is 19.1 Å². The summed E-state index contributed by atoms with van der Waals surface area (Å²) < 4.78 is 5.95. The third kappa shape index (κ3) is 5.94. The van der Waals surface area contributed by atoms with Crippen LogP contribution in [0.15, 0.2) is 69.5 Å². The number of nitrogens with one attached hydrogen (secondary N) is 1. The van der Waals surface area contributed by atoms with Crippen molar-refractivity contribution in [3.05, 3.63) is 69.5 Å². The Bertz CT molecular complexity index is 1280. The number of rotatable bonds is 7. The van der Waals surface area contributed by atoms with Crippen molar-refractivity contribution in [2.75, 3.05) is 13.1 Å². The Hall–Kier alpha value is -2.81. The maximum Gasteiger partial charge on any atom is 0.326 e. The lowest BCUT2D eigenvalue weighted by molar-refractivity contribution is -0.142. The Morgan fingerprint density at radius 2 is 2.02 bits per heavy atom. The molecule has 40 heavy (non-hydrogen) atoms. The molecule has 5 rings (SSSR count). The average Bonchev–Trinajstić information content (AvgIpc) is 3.36. The van der Waals surface area contributed by atoms with Gasteiger partial charge in [0.2, 0.25) is 5.91 Å². The highest BCUT2D eigenvalue weighted by Gasteiger charge is 2.41. The van der Waals surface area contributed by atoms with Crippen LogP contribution in [0.1, 0.15) is 45.4 Å². The summed E-state index contributed by atoms with van der Waals surface area (Å²) in [5, 5.41) is 21.8. The number of aliphatic hydroxyl groups excluding tert-OH is 1. The summed E-state index contributed by atoms with van der Waals surface area (Å²) >= 11 is 13.4. The van der Waals surface area contributed by atoms with E-state index in [0.717, 1.165) is 35.1 Å². The number of carboxylic acid groups (broad SMARTS) is 1. The topological polar surface area (TPSA) is 116 Å². The molecule has 214 valence electrons. The Balaban J connectivity index is 1.24. The van der Waals surface area contributed by atoms with Crippen molar-refractivity contribution in [3.63, 3.8) is 0 Å². The van der Waals surface area contributed by atoms with Gasteiger partial charge in [0.1, 0.15) is 12.1 Å². The van der Waals surface area contributed by atoms with E-state index < -0.39 is 35.3 Å². The third-order valence-electron chi connectivity index (χ3n) is 8.25. The number of carboxylic acids is 1. The zero-order chi connectivity index (χ0) is 28.6. The molecule has 5 aliphatic rings. The van der Waals surface area contributed by atoms with Gasteiger partial charge in [0.05, 0.1) is 17.4 Å².